The first-order valence-corrected chi connectivity index (χ1v) is 7.78. The molecule has 0 amide bonds. The van der Waals surface area contributed by atoms with Crippen molar-refractivity contribution < 1.29 is 4.74 Å². The summed E-state index contributed by atoms with van der Waals surface area (Å²) < 4.78 is 5.40. The van der Waals surface area contributed by atoms with E-state index < -0.39 is 0 Å². The number of ether oxygens (including phenoxy) is 1. The molecule has 0 aromatic heterocycles. The van der Waals surface area contributed by atoms with Gasteiger partial charge in [-0.05, 0) is 12.8 Å². The fourth-order valence-corrected chi connectivity index (χ4v) is 2.07. The first-order valence-electron chi connectivity index (χ1n) is 7.78. The molecule has 0 saturated heterocycles. The van der Waals surface area contributed by atoms with E-state index in [0.29, 0.717) is 0 Å². The van der Waals surface area contributed by atoms with Crippen LogP contribution in [0.3, 0.4) is 0 Å². The molecule has 1 heteroatoms. The Morgan fingerprint density at radius 2 is 1.12 bits per heavy atom. The second-order valence-electron chi connectivity index (χ2n) is 5.00. The maximum atomic E-state index is 5.40. The van der Waals surface area contributed by atoms with Crippen LogP contribution in [0, 0.1) is 6.92 Å². The zero-order valence-electron chi connectivity index (χ0n) is 12.0. The molecule has 0 fully saturated rings. The van der Waals surface area contributed by atoms with Crippen LogP contribution in [0.15, 0.2) is 0 Å². The van der Waals surface area contributed by atoms with Crippen molar-refractivity contribution in [3.63, 3.8) is 0 Å². The third kappa shape index (κ3) is 16.0. The summed E-state index contributed by atoms with van der Waals surface area (Å²) in [6, 6.07) is 0. The minimum absolute atomic E-state index is 0.831. The van der Waals surface area contributed by atoms with E-state index in [1.807, 2.05) is 0 Å². The lowest BCUT2D eigenvalue weighted by molar-refractivity contribution is 0.134. The Bertz CT molecular complexity index is 109. The van der Waals surface area contributed by atoms with Crippen molar-refractivity contribution in [3.8, 4) is 0 Å². The molecule has 0 spiro atoms. The molecule has 103 valence electrons. The van der Waals surface area contributed by atoms with Crippen molar-refractivity contribution in [1.82, 2.24) is 0 Å². The predicted molar refractivity (Wildman–Crippen MR) is 77.3 cm³/mol. The molecule has 0 aromatic rings. The van der Waals surface area contributed by atoms with E-state index in [9.17, 15) is 0 Å². The van der Waals surface area contributed by atoms with Gasteiger partial charge in [-0.15, -0.1) is 0 Å². The van der Waals surface area contributed by atoms with E-state index in [2.05, 4.69) is 13.8 Å². The molecule has 0 bridgehead atoms. The van der Waals surface area contributed by atoms with Gasteiger partial charge in [-0.2, -0.15) is 0 Å². The zero-order chi connectivity index (χ0) is 12.6. The van der Waals surface area contributed by atoms with Crippen LogP contribution in [0.5, 0.6) is 0 Å². The molecule has 0 aliphatic carbocycles. The largest absolute Gasteiger partial charge is 0.381 e. The van der Waals surface area contributed by atoms with Crippen LogP contribution < -0.4 is 0 Å². The molecule has 1 nitrogen and oxygen atoms in total. The summed E-state index contributed by atoms with van der Waals surface area (Å²) in [5.41, 5.74) is 0. The molecule has 0 rings (SSSR count). The van der Waals surface area contributed by atoms with Crippen LogP contribution in [0.2, 0.25) is 0 Å². The van der Waals surface area contributed by atoms with E-state index in [-0.39, 0.29) is 0 Å². The fourth-order valence-electron chi connectivity index (χ4n) is 2.07. The molecule has 0 N–H and O–H groups in total. The number of hydrogen-bond acceptors (Lipinski definition) is 1. The van der Waals surface area contributed by atoms with Gasteiger partial charge in [-0.3, -0.25) is 0 Å². The van der Waals surface area contributed by atoms with Gasteiger partial charge >= 0.3 is 0 Å². The summed E-state index contributed by atoms with van der Waals surface area (Å²) in [6.45, 7) is 7.80. The fraction of sp³-hybridized carbons (Fsp3) is 0.938. The van der Waals surface area contributed by atoms with Gasteiger partial charge in [0.25, 0.3) is 0 Å². The Balaban J connectivity index is 2.85. The third-order valence-corrected chi connectivity index (χ3v) is 3.18. The molecule has 1 radical (unpaired) electrons. The van der Waals surface area contributed by atoms with Gasteiger partial charge in [-0.25, -0.2) is 0 Å². The van der Waals surface area contributed by atoms with Crippen LogP contribution >= 0.6 is 0 Å². The molecule has 0 unspecified atom stereocenters. The second kappa shape index (κ2) is 16.0. The van der Waals surface area contributed by atoms with Gasteiger partial charge in [0.2, 0.25) is 0 Å². The summed E-state index contributed by atoms with van der Waals surface area (Å²) in [5, 5.41) is 0. The van der Waals surface area contributed by atoms with Crippen LogP contribution in [0.25, 0.3) is 0 Å². The molecule has 0 aliphatic rings. The van der Waals surface area contributed by atoms with Gasteiger partial charge in [0.15, 0.2) is 0 Å². The molecular formula is C16H33O. The van der Waals surface area contributed by atoms with Crippen LogP contribution in [0.4, 0.5) is 0 Å². The van der Waals surface area contributed by atoms with Crippen LogP contribution in [-0.4, -0.2) is 13.2 Å². The Kier molecular flexibility index (Phi) is 15.9. The summed E-state index contributed by atoms with van der Waals surface area (Å²) in [7, 11) is 0. The highest BCUT2D eigenvalue weighted by molar-refractivity contribution is 4.48. The van der Waals surface area contributed by atoms with Gasteiger partial charge in [0.1, 0.15) is 0 Å². The molecule has 0 saturated carbocycles. The summed E-state index contributed by atoms with van der Waals surface area (Å²) in [5.74, 6) is 0. The van der Waals surface area contributed by atoms with Crippen LogP contribution in [0.1, 0.15) is 84.0 Å². The van der Waals surface area contributed by atoms with E-state index in [1.54, 1.807) is 0 Å². The Morgan fingerprint density at radius 3 is 1.59 bits per heavy atom. The average Bonchev–Trinajstić information content (AvgIpc) is 2.35. The van der Waals surface area contributed by atoms with Crippen molar-refractivity contribution in [2.75, 3.05) is 13.2 Å². The summed E-state index contributed by atoms with van der Waals surface area (Å²) in [4.78, 5) is 0. The van der Waals surface area contributed by atoms with E-state index in [1.165, 1.54) is 70.6 Å². The minimum Gasteiger partial charge on any atom is -0.381 e. The summed E-state index contributed by atoms with van der Waals surface area (Å²) >= 11 is 0. The monoisotopic (exact) mass is 241 g/mol. The maximum absolute atomic E-state index is 5.40. The Hall–Kier alpha value is -0.0400. The van der Waals surface area contributed by atoms with Crippen molar-refractivity contribution in [1.29, 1.82) is 0 Å². The molecule has 17 heavy (non-hydrogen) atoms. The molecular weight excluding hydrogens is 208 g/mol. The van der Waals surface area contributed by atoms with Crippen molar-refractivity contribution in [2.45, 2.75) is 84.0 Å². The van der Waals surface area contributed by atoms with Crippen LogP contribution in [-0.2, 0) is 4.74 Å². The van der Waals surface area contributed by atoms with Crippen molar-refractivity contribution >= 4 is 0 Å². The van der Waals surface area contributed by atoms with E-state index >= 15 is 0 Å². The number of rotatable bonds is 14. The van der Waals surface area contributed by atoms with Gasteiger partial charge < -0.3 is 4.74 Å². The highest BCUT2D eigenvalue weighted by Crippen LogP contribution is 2.11. The lowest BCUT2D eigenvalue weighted by Crippen LogP contribution is -1.95. The number of hydrogen-bond donors (Lipinski definition) is 0. The normalized spacial score (nSPS) is 10.9. The van der Waals surface area contributed by atoms with E-state index in [0.717, 1.165) is 19.6 Å². The SMILES string of the molecule is [CH2]CCOCCCCCCCCCCCCC. The highest BCUT2D eigenvalue weighted by atomic mass is 16.5. The van der Waals surface area contributed by atoms with Crippen molar-refractivity contribution in [2.24, 2.45) is 0 Å². The molecule has 0 atom stereocenters. The van der Waals surface area contributed by atoms with Gasteiger partial charge in [0.05, 0.1) is 0 Å². The Morgan fingerprint density at radius 1 is 0.647 bits per heavy atom. The van der Waals surface area contributed by atoms with Gasteiger partial charge in [-0.1, -0.05) is 78.1 Å². The number of unbranched alkanes of at least 4 members (excludes halogenated alkanes) is 10. The molecule has 0 aliphatic heterocycles. The zero-order valence-corrected chi connectivity index (χ0v) is 12.0. The smallest absolute Gasteiger partial charge is 0.0466 e. The maximum Gasteiger partial charge on any atom is 0.0466 e. The lowest BCUT2D eigenvalue weighted by Gasteiger charge is -2.03. The topological polar surface area (TPSA) is 9.23 Å². The third-order valence-electron chi connectivity index (χ3n) is 3.18. The first-order chi connectivity index (χ1) is 8.41. The first kappa shape index (κ1) is 17.0. The predicted octanol–water partition coefficient (Wildman–Crippen LogP) is 5.54. The Labute approximate surface area is 109 Å². The highest BCUT2D eigenvalue weighted by Gasteiger charge is 1.93. The molecule has 0 heterocycles. The minimum atomic E-state index is 0.831. The quantitative estimate of drug-likeness (QED) is 0.363. The van der Waals surface area contributed by atoms with Gasteiger partial charge in [0, 0.05) is 13.2 Å². The van der Waals surface area contributed by atoms with Crippen molar-refractivity contribution in [3.05, 3.63) is 6.92 Å². The second-order valence-corrected chi connectivity index (χ2v) is 5.00. The lowest BCUT2D eigenvalue weighted by atomic mass is 10.1. The van der Waals surface area contributed by atoms with E-state index in [4.69, 9.17) is 4.74 Å². The molecule has 0 aromatic carbocycles. The average molecular weight is 241 g/mol. The summed E-state index contributed by atoms with van der Waals surface area (Å²) in [6.07, 6.45) is 16.3. The standard InChI is InChI=1S/C16H33O/c1-3-5-6-7-8-9-10-11-12-13-14-16-17-15-4-2/h2-16H2,1H3.